The Balaban J connectivity index is 1.50. The van der Waals surface area contributed by atoms with Crippen molar-refractivity contribution >= 4 is 43.5 Å². The number of hydrogen-bond donors (Lipinski definition) is 1. The maximum Gasteiger partial charge on any atom is 0.264 e. The number of carbonyl (C=O) groups is 1. The first-order chi connectivity index (χ1) is 20.7. The lowest BCUT2D eigenvalue weighted by Crippen LogP contribution is -2.31. The van der Waals surface area contributed by atoms with Crippen LogP contribution in [0.25, 0.3) is 0 Å². The van der Waals surface area contributed by atoms with E-state index in [0.717, 1.165) is 33.6 Å². The topological polar surface area (TPSA) is 72.5 Å². The molecule has 218 valence electrons. The molecule has 0 saturated heterocycles. The van der Waals surface area contributed by atoms with Gasteiger partial charge in [-0.3, -0.25) is 4.79 Å². The molecule has 0 radical (unpaired) electrons. The summed E-state index contributed by atoms with van der Waals surface area (Å²) in [4.78, 5) is 13.1. The van der Waals surface area contributed by atoms with Gasteiger partial charge in [0.1, 0.15) is 12.4 Å². The minimum absolute atomic E-state index is 0.00991. The van der Waals surface area contributed by atoms with Gasteiger partial charge in [-0.15, -0.1) is 0 Å². The molecule has 0 aliphatic rings. The van der Waals surface area contributed by atoms with Crippen molar-refractivity contribution in [3.63, 3.8) is 0 Å². The third-order valence-electron chi connectivity index (χ3n) is 6.79. The van der Waals surface area contributed by atoms with E-state index in [0.29, 0.717) is 34.5 Å². The number of hydrogen-bond acceptors (Lipinski definition) is 4. The van der Waals surface area contributed by atoms with Crippen LogP contribution in [-0.4, -0.2) is 14.3 Å². The van der Waals surface area contributed by atoms with Crippen molar-refractivity contribution in [2.75, 3.05) is 0 Å². The Morgan fingerprint density at radius 1 is 0.698 bits per heavy atom. The quantitative estimate of drug-likeness (QED) is 0.155. The number of sulfonamides is 1. The fourth-order valence-electron chi connectivity index (χ4n) is 4.81. The van der Waals surface area contributed by atoms with Gasteiger partial charge in [0, 0.05) is 22.3 Å². The van der Waals surface area contributed by atoms with Gasteiger partial charge in [0.05, 0.1) is 11.3 Å². The van der Waals surface area contributed by atoms with Gasteiger partial charge in [-0.2, -0.15) is 0 Å². The number of amides is 1. The highest BCUT2D eigenvalue weighted by molar-refractivity contribution is 9.10. The summed E-state index contributed by atoms with van der Waals surface area (Å²) < 4.78 is 35.2. The van der Waals surface area contributed by atoms with Crippen LogP contribution in [-0.2, 0) is 40.7 Å². The average molecular weight is 675 g/mol. The van der Waals surface area contributed by atoms with Crippen molar-refractivity contribution in [1.82, 2.24) is 4.72 Å². The minimum Gasteiger partial charge on any atom is -0.488 e. The Morgan fingerprint density at radius 2 is 1.28 bits per heavy atom. The van der Waals surface area contributed by atoms with Crippen LogP contribution in [0.3, 0.4) is 0 Å². The molecule has 8 heteroatoms. The summed E-state index contributed by atoms with van der Waals surface area (Å²) in [6.45, 7) is 0.339. The summed E-state index contributed by atoms with van der Waals surface area (Å²) in [6, 6.07) is 37.7. The molecule has 0 saturated carbocycles. The second kappa shape index (κ2) is 14.0. The molecule has 5 aromatic carbocycles. The molecule has 0 fully saturated rings. The third kappa shape index (κ3) is 8.57. The number of rotatable bonds is 11. The fraction of sp³-hybridized carbons (Fsp3) is 0.114. The van der Waals surface area contributed by atoms with Gasteiger partial charge in [0.25, 0.3) is 10.0 Å². The summed E-state index contributed by atoms with van der Waals surface area (Å²) in [6.07, 6.45) is 1.03. The van der Waals surface area contributed by atoms with Crippen molar-refractivity contribution in [1.29, 1.82) is 0 Å². The van der Waals surface area contributed by atoms with Crippen LogP contribution in [0, 0.1) is 0 Å². The molecule has 0 spiro atoms. The predicted octanol–water partition coefficient (Wildman–Crippen LogP) is 7.91. The maximum absolute atomic E-state index is 13.1. The Kier molecular flexibility index (Phi) is 9.97. The van der Waals surface area contributed by atoms with Gasteiger partial charge >= 0.3 is 0 Å². The first kappa shape index (κ1) is 30.5. The smallest absolute Gasteiger partial charge is 0.264 e. The maximum atomic E-state index is 13.1. The van der Waals surface area contributed by atoms with E-state index in [1.165, 1.54) is 12.1 Å². The second-order valence-corrected chi connectivity index (χ2v) is 13.2. The van der Waals surface area contributed by atoms with E-state index in [-0.39, 0.29) is 11.3 Å². The number of halogens is 2. The number of nitrogens with one attached hydrogen (secondary N) is 1. The summed E-state index contributed by atoms with van der Waals surface area (Å²) >= 11 is 9.37. The van der Waals surface area contributed by atoms with Crippen LogP contribution in [0.2, 0.25) is 5.02 Å². The zero-order valence-corrected chi connectivity index (χ0v) is 26.3. The summed E-state index contributed by atoms with van der Waals surface area (Å²) in [5, 5.41) is 0.655. The van der Waals surface area contributed by atoms with Crippen molar-refractivity contribution in [3.8, 4) is 5.75 Å². The fourth-order valence-corrected chi connectivity index (χ4v) is 6.52. The largest absolute Gasteiger partial charge is 0.488 e. The SMILES string of the molecule is O=C(Cc1cc(Cc2ccccc2)c(OCc2ccc(Cl)cc2)c(Cc2ccccc2)c1)NS(=O)(=O)c1cccc(Br)c1. The lowest BCUT2D eigenvalue weighted by molar-refractivity contribution is -0.118. The molecular formula is C35H29BrClNO4S. The highest BCUT2D eigenvalue weighted by atomic mass is 79.9. The van der Waals surface area contributed by atoms with E-state index >= 15 is 0 Å². The molecule has 0 unspecified atom stereocenters. The van der Waals surface area contributed by atoms with E-state index in [4.69, 9.17) is 16.3 Å². The molecule has 5 rings (SSSR count). The molecule has 1 N–H and O–H groups in total. The Bertz CT molecular complexity index is 1750. The number of ether oxygens (including phenoxy) is 1. The standard InChI is InChI=1S/C35H29BrClNO4S/c36-31-12-7-13-33(23-31)43(40,41)38-34(39)22-28-20-29(18-25-8-3-1-4-9-25)35(42-24-27-14-16-32(37)17-15-27)30(21-28)19-26-10-5-2-6-11-26/h1-17,20-21,23H,18-19,22,24H2,(H,38,39). The van der Waals surface area contributed by atoms with Crippen molar-refractivity contribution in [2.24, 2.45) is 0 Å². The Morgan fingerprint density at radius 3 is 1.84 bits per heavy atom. The van der Waals surface area contributed by atoms with E-state index in [1.807, 2.05) is 97.1 Å². The molecule has 0 aliphatic heterocycles. The lowest BCUT2D eigenvalue weighted by atomic mass is 9.94. The molecule has 0 bridgehead atoms. The van der Waals surface area contributed by atoms with Gasteiger partial charge < -0.3 is 4.74 Å². The Hall–Kier alpha value is -3.91. The predicted molar refractivity (Wildman–Crippen MR) is 174 cm³/mol. The van der Waals surface area contributed by atoms with Crippen LogP contribution in [0.4, 0.5) is 0 Å². The van der Waals surface area contributed by atoms with Crippen LogP contribution < -0.4 is 9.46 Å². The number of carbonyl (C=O) groups excluding carboxylic acids is 1. The average Bonchev–Trinajstić information content (AvgIpc) is 2.98. The zero-order valence-electron chi connectivity index (χ0n) is 23.2. The molecule has 43 heavy (non-hydrogen) atoms. The number of benzene rings is 5. The van der Waals surface area contributed by atoms with Gasteiger partial charge in [-0.25, -0.2) is 13.1 Å². The summed E-state index contributed by atoms with van der Waals surface area (Å²) in [5.41, 5.74) is 5.66. The lowest BCUT2D eigenvalue weighted by Gasteiger charge is -2.19. The third-order valence-corrected chi connectivity index (χ3v) is 8.91. The van der Waals surface area contributed by atoms with Crippen molar-refractivity contribution in [3.05, 3.63) is 164 Å². The molecule has 5 nitrogen and oxygen atoms in total. The molecule has 0 aliphatic carbocycles. The molecule has 5 aromatic rings. The highest BCUT2D eigenvalue weighted by Gasteiger charge is 2.20. The van der Waals surface area contributed by atoms with Gasteiger partial charge in [-0.05, 0) is 63.7 Å². The molecule has 0 heterocycles. The van der Waals surface area contributed by atoms with E-state index in [1.54, 1.807) is 12.1 Å². The normalized spacial score (nSPS) is 11.2. The Labute approximate surface area is 265 Å². The van der Waals surface area contributed by atoms with Crippen LogP contribution in [0.1, 0.15) is 33.4 Å². The second-order valence-electron chi connectivity index (χ2n) is 10.1. The first-order valence-corrected chi connectivity index (χ1v) is 16.3. The van der Waals surface area contributed by atoms with E-state index in [2.05, 4.69) is 20.7 Å². The van der Waals surface area contributed by atoms with Crippen LogP contribution in [0.15, 0.2) is 131 Å². The summed E-state index contributed by atoms with van der Waals surface area (Å²) in [7, 11) is -4.03. The van der Waals surface area contributed by atoms with Gasteiger partial charge in [0.15, 0.2) is 0 Å². The zero-order chi connectivity index (χ0) is 30.2. The van der Waals surface area contributed by atoms with Crippen LogP contribution >= 0.6 is 27.5 Å². The molecular weight excluding hydrogens is 646 g/mol. The first-order valence-electron chi connectivity index (χ1n) is 13.7. The van der Waals surface area contributed by atoms with Crippen molar-refractivity contribution in [2.45, 2.75) is 30.8 Å². The highest BCUT2D eigenvalue weighted by Crippen LogP contribution is 2.32. The molecule has 0 aromatic heterocycles. The van der Waals surface area contributed by atoms with E-state index < -0.39 is 15.9 Å². The summed E-state index contributed by atoms with van der Waals surface area (Å²) in [5.74, 6) is 0.125. The molecule has 0 atom stereocenters. The molecule has 1 amide bonds. The van der Waals surface area contributed by atoms with E-state index in [9.17, 15) is 13.2 Å². The monoisotopic (exact) mass is 673 g/mol. The van der Waals surface area contributed by atoms with Gasteiger partial charge in [0.2, 0.25) is 5.91 Å². The minimum atomic E-state index is -4.03. The van der Waals surface area contributed by atoms with Gasteiger partial charge in [-0.1, -0.05) is 119 Å². The van der Waals surface area contributed by atoms with Crippen LogP contribution in [0.5, 0.6) is 5.75 Å². The van der Waals surface area contributed by atoms with Crippen molar-refractivity contribution < 1.29 is 17.9 Å².